The normalized spacial score (nSPS) is 45.3. The third-order valence-electron chi connectivity index (χ3n) is 3.95. The van der Waals surface area contributed by atoms with Gasteiger partial charge in [-0.2, -0.15) is 0 Å². The summed E-state index contributed by atoms with van der Waals surface area (Å²) >= 11 is 0. The Morgan fingerprint density at radius 2 is 2.23 bits per heavy atom. The van der Waals surface area contributed by atoms with Crippen LogP contribution in [0.2, 0.25) is 0 Å². The molecule has 0 aromatic rings. The molecule has 2 rings (SSSR count). The first kappa shape index (κ1) is 9.26. The van der Waals surface area contributed by atoms with E-state index >= 15 is 0 Å². The first-order chi connectivity index (χ1) is 6.12. The van der Waals surface area contributed by atoms with Gasteiger partial charge < -0.3 is 5.11 Å². The van der Waals surface area contributed by atoms with E-state index in [-0.39, 0.29) is 6.10 Å². The quantitative estimate of drug-likeness (QED) is 0.568. The van der Waals surface area contributed by atoms with E-state index in [9.17, 15) is 5.11 Å². The second-order valence-electron chi connectivity index (χ2n) is 5.10. The Morgan fingerprint density at radius 1 is 1.46 bits per heavy atom. The van der Waals surface area contributed by atoms with Gasteiger partial charge in [0.15, 0.2) is 0 Å². The van der Waals surface area contributed by atoms with Gasteiger partial charge in [0.1, 0.15) is 0 Å². The van der Waals surface area contributed by atoms with Crippen molar-refractivity contribution in [3.63, 3.8) is 0 Å². The van der Waals surface area contributed by atoms with Crippen LogP contribution >= 0.6 is 0 Å². The molecule has 1 fully saturated rings. The predicted octanol–water partition coefficient (Wildman–Crippen LogP) is 2.89. The van der Waals surface area contributed by atoms with Crippen molar-refractivity contribution < 1.29 is 5.11 Å². The summed E-state index contributed by atoms with van der Waals surface area (Å²) in [5.74, 6) is 0.532. The Labute approximate surface area is 80.8 Å². The minimum atomic E-state index is -0.0388. The number of aliphatic hydroxyl groups is 1. The molecule has 0 aromatic carbocycles. The van der Waals surface area contributed by atoms with Crippen LogP contribution in [0.15, 0.2) is 11.6 Å². The lowest BCUT2D eigenvalue weighted by Crippen LogP contribution is -2.40. The largest absolute Gasteiger partial charge is 0.393 e. The minimum Gasteiger partial charge on any atom is -0.393 e. The van der Waals surface area contributed by atoms with Gasteiger partial charge in [-0.25, -0.2) is 0 Å². The Hall–Kier alpha value is -0.300. The number of rotatable bonds is 0. The highest BCUT2D eigenvalue weighted by molar-refractivity contribution is 5.15. The molecule has 1 saturated carbocycles. The zero-order valence-electron chi connectivity index (χ0n) is 8.71. The molecule has 3 unspecified atom stereocenters. The van der Waals surface area contributed by atoms with Crippen LogP contribution in [0.1, 0.15) is 46.0 Å². The molecule has 3 atom stereocenters. The average Bonchev–Trinajstić information content (AvgIpc) is 2.02. The number of allylic oxidation sites excluding steroid dienone is 2. The molecule has 0 aromatic heterocycles. The lowest BCUT2D eigenvalue weighted by atomic mass is 9.61. The van der Waals surface area contributed by atoms with Gasteiger partial charge >= 0.3 is 0 Å². The molecule has 1 nitrogen and oxygen atoms in total. The number of fused-ring (bicyclic) bond motifs is 1. The molecular formula is C12H20O. The van der Waals surface area contributed by atoms with Crippen LogP contribution in [0.4, 0.5) is 0 Å². The Balaban J connectivity index is 2.26. The van der Waals surface area contributed by atoms with Crippen LogP contribution in [0.3, 0.4) is 0 Å². The van der Waals surface area contributed by atoms with Gasteiger partial charge in [-0.05, 0) is 43.9 Å². The molecule has 74 valence electrons. The molecular weight excluding hydrogens is 160 g/mol. The summed E-state index contributed by atoms with van der Waals surface area (Å²) in [5, 5.41) is 9.93. The van der Waals surface area contributed by atoms with Crippen molar-refractivity contribution in [2.75, 3.05) is 0 Å². The molecule has 0 saturated heterocycles. The summed E-state index contributed by atoms with van der Waals surface area (Å²) in [4.78, 5) is 0. The van der Waals surface area contributed by atoms with E-state index in [4.69, 9.17) is 0 Å². The zero-order valence-corrected chi connectivity index (χ0v) is 8.71. The summed E-state index contributed by atoms with van der Waals surface area (Å²) in [7, 11) is 0. The zero-order chi connectivity index (χ0) is 9.47. The van der Waals surface area contributed by atoms with Gasteiger partial charge in [0.25, 0.3) is 0 Å². The van der Waals surface area contributed by atoms with E-state index in [0.29, 0.717) is 11.3 Å². The van der Waals surface area contributed by atoms with Crippen LogP contribution in [-0.2, 0) is 0 Å². The summed E-state index contributed by atoms with van der Waals surface area (Å²) in [6.45, 7) is 4.55. The summed E-state index contributed by atoms with van der Waals surface area (Å²) in [6, 6.07) is 0. The highest BCUT2D eigenvalue weighted by Gasteiger charge is 2.41. The highest BCUT2D eigenvalue weighted by Crippen LogP contribution is 2.48. The first-order valence-corrected chi connectivity index (χ1v) is 5.48. The van der Waals surface area contributed by atoms with E-state index in [1.165, 1.54) is 31.3 Å². The number of hydrogen-bond acceptors (Lipinski definition) is 1. The predicted molar refractivity (Wildman–Crippen MR) is 54.4 cm³/mol. The van der Waals surface area contributed by atoms with Crippen molar-refractivity contribution in [3.05, 3.63) is 11.6 Å². The molecule has 2 aliphatic carbocycles. The number of aliphatic hydroxyl groups excluding tert-OH is 1. The Bertz CT molecular complexity index is 231. The third-order valence-corrected chi connectivity index (χ3v) is 3.95. The standard InChI is InChI=1S/C12H20O/c1-9-5-6-10-11(13)4-3-7-12(10,2)8-9/h8,10-11,13H,3-7H2,1-2H3. The molecule has 0 spiro atoms. The second kappa shape index (κ2) is 3.13. The average molecular weight is 180 g/mol. The van der Waals surface area contributed by atoms with Gasteiger partial charge in [-0.15, -0.1) is 0 Å². The Morgan fingerprint density at radius 3 is 3.00 bits per heavy atom. The monoisotopic (exact) mass is 180 g/mol. The van der Waals surface area contributed by atoms with Crippen molar-refractivity contribution in [1.29, 1.82) is 0 Å². The maximum Gasteiger partial charge on any atom is 0.0576 e. The van der Waals surface area contributed by atoms with Crippen LogP contribution < -0.4 is 0 Å². The maximum absolute atomic E-state index is 9.93. The van der Waals surface area contributed by atoms with E-state index in [0.717, 1.165) is 6.42 Å². The smallest absolute Gasteiger partial charge is 0.0576 e. The molecule has 1 heteroatoms. The van der Waals surface area contributed by atoms with Crippen LogP contribution in [-0.4, -0.2) is 11.2 Å². The molecule has 2 aliphatic rings. The fourth-order valence-electron chi connectivity index (χ4n) is 3.24. The molecule has 0 aliphatic heterocycles. The maximum atomic E-state index is 9.93. The van der Waals surface area contributed by atoms with Gasteiger partial charge in [-0.1, -0.05) is 25.0 Å². The fraction of sp³-hybridized carbons (Fsp3) is 0.833. The van der Waals surface area contributed by atoms with Gasteiger partial charge in [0.05, 0.1) is 6.10 Å². The number of hydrogen-bond donors (Lipinski definition) is 1. The van der Waals surface area contributed by atoms with Crippen molar-refractivity contribution in [1.82, 2.24) is 0 Å². The van der Waals surface area contributed by atoms with E-state index in [1.807, 2.05) is 0 Å². The molecule has 13 heavy (non-hydrogen) atoms. The van der Waals surface area contributed by atoms with Crippen LogP contribution in [0.5, 0.6) is 0 Å². The second-order valence-corrected chi connectivity index (χ2v) is 5.10. The SMILES string of the molecule is CC1=CC2(C)CCCC(O)C2CC1. The first-order valence-electron chi connectivity index (χ1n) is 5.48. The van der Waals surface area contributed by atoms with Crippen molar-refractivity contribution >= 4 is 0 Å². The van der Waals surface area contributed by atoms with Gasteiger partial charge in [0.2, 0.25) is 0 Å². The topological polar surface area (TPSA) is 20.2 Å². The lowest BCUT2D eigenvalue weighted by molar-refractivity contribution is -0.00346. The lowest BCUT2D eigenvalue weighted by Gasteiger charge is -2.45. The van der Waals surface area contributed by atoms with Gasteiger partial charge in [-0.3, -0.25) is 0 Å². The van der Waals surface area contributed by atoms with E-state index < -0.39 is 0 Å². The fourth-order valence-corrected chi connectivity index (χ4v) is 3.24. The van der Waals surface area contributed by atoms with Crippen molar-refractivity contribution in [3.8, 4) is 0 Å². The van der Waals surface area contributed by atoms with Crippen LogP contribution in [0, 0.1) is 11.3 Å². The molecule has 1 N–H and O–H groups in total. The minimum absolute atomic E-state index is 0.0388. The Kier molecular flexibility index (Phi) is 2.23. The summed E-state index contributed by atoms with van der Waals surface area (Å²) in [5.41, 5.74) is 1.83. The summed E-state index contributed by atoms with van der Waals surface area (Å²) < 4.78 is 0. The molecule has 0 amide bonds. The summed E-state index contributed by atoms with van der Waals surface area (Å²) in [6.07, 6.45) is 8.25. The molecule has 0 heterocycles. The van der Waals surface area contributed by atoms with Crippen molar-refractivity contribution in [2.24, 2.45) is 11.3 Å². The van der Waals surface area contributed by atoms with E-state index in [2.05, 4.69) is 19.9 Å². The van der Waals surface area contributed by atoms with Crippen LogP contribution in [0.25, 0.3) is 0 Å². The third kappa shape index (κ3) is 1.54. The van der Waals surface area contributed by atoms with Crippen molar-refractivity contribution in [2.45, 2.75) is 52.1 Å². The highest BCUT2D eigenvalue weighted by atomic mass is 16.3. The van der Waals surface area contributed by atoms with Gasteiger partial charge in [0, 0.05) is 0 Å². The molecule has 0 bridgehead atoms. The molecule has 0 radical (unpaired) electrons. The van der Waals surface area contributed by atoms with E-state index in [1.54, 1.807) is 0 Å².